The summed E-state index contributed by atoms with van der Waals surface area (Å²) in [6.07, 6.45) is 2.76. The number of likely N-dealkylation sites (tertiary alicyclic amines) is 1. The first kappa shape index (κ1) is 22.4. The Labute approximate surface area is 181 Å². The van der Waals surface area contributed by atoms with E-state index in [2.05, 4.69) is 56.2 Å². The number of carbonyl (C=O) groups excluding carboxylic acids is 1. The number of hydrogen-bond donors (Lipinski definition) is 1. The summed E-state index contributed by atoms with van der Waals surface area (Å²) in [4.78, 5) is 23.4. The molecular formula is C23H37N5O2. The SMILES string of the molecule is CN=C(NCCCN1CCN(c2cccc(C)c2)CC1)N1CCC(C(=O)OC)CC1. The highest BCUT2D eigenvalue weighted by Crippen LogP contribution is 2.19. The van der Waals surface area contributed by atoms with Crippen LogP contribution in [0.25, 0.3) is 0 Å². The molecule has 0 atom stereocenters. The molecule has 0 saturated carbocycles. The van der Waals surface area contributed by atoms with E-state index in [0.29, 0.717) is 0 Å². The number of anilines is 1. The molecule has 1 N–H and O–H groups in total. The standard InChI is InChI=1S/C23H37N5O2/c1-19-6-4-7-21(18-19)27-16-14-26(15-17-27)11-5-10-25-23(24-2)28-12-8-20(9-13-28)22(29)30-3/h4,6-7,18,20H,5,8-17H2,1-3H3,(H,24,25). The third kappa shape index (κ3) is 6.11. The number of carbonyl (C=O) groups is 1. The van der Waals surface area contributed by atoms with Crippen LogP contribution in [0.4, 0.5) is 5.69 Å². The van der Waals surface area contributed by atoms with Crippen molar-refractivity contribution in [3.05, 3.63) is 29.8 Å². The van der Waals surface area contributed by atoms with Gasteiger partial charge in [0, 0.05) is 58.5 Å². The zero-order chi connectivity index (χ0) is 21.3. The molecule has 30 heavy (non-hydrogen) atoms. The minimum Gasteiger partial charge on any atom is -0.469 e. The van der Waals surface area contributed by atoms with Gasteiger partial charge in [0.05, 0.1) is 13.0 Å². The van der Waals surface area contributed by atoms with Gasteiger partial charge in [-0.15, -0.1) is 0 Å². The third-order valence-corrected chi connectivity index (χ3v) is 6.21. The minimum absolute atomic E-state index is 0.0304. The van der Waals surface area contributed by atoms with Crippen LogP contribution in [0.3, 0.4) is 0 Å². The van der Waals surface area contributed by atoms with Crippen molar-refractivity contribution in [2.45, 2.75) is 26.2 Å². The maximum atomic E-state index is 11.7. The Morgan fingerprint density at radius 1 is 1.17 bits per heavy atom. The van der Waals surface area contributed by atoms with E-state index in [-0.39, 0.29) is 11.9 Å². The molecule has 2 aliphatic rings. The first-order valence-corrected chi connectivity index (χ1v) is 11.2. The first-order chi connectivity index (χ1) is 14.6. The van der Waals surface area contributed by atoms with E-state index < -0.39 is 0 Å². The molecule has 7 heteroatoms. The zero-order valence-corrected chi connectivity index (χ0v) is 18.8. The normalized spacial score (nSPS) is 19.1. The molecule has 166 valence electrons. The van der Waals surface area contributed by atoms with Crippen molar-refractivity contribution < 1.29 is 9.53 Å². The van der Waals surface area contributed by atoms with Crippen LogP contribution in [-0.4, -0.2) is 88.2 Å². The molecule has 0 amide bonds. The highest BCUT2D eigenvalue weighted by Gasteiger charge is 2.27. The van der Waals surface area contributed by atoms with Crippen LogP contribution in [0.5, 0.6) is 0 Å². The molecule has 2 saturated heterocycles. The van der Waals surface area contributed by atoms with E-state index in [1.807, 2.05) is 7.05 Å². The van der Waals surface area contributed by atoms with E-state index in [0.717, 1.165) is 77.6 Å². The zero-order valence-electron chi connectivity index (χ0n) is 18.8. The van der Waals surface area contributed by atoms with E-state index in [4.69, 9.17) is 4.74 Å². The van der Waals surface area contributed by atoms with Crippen LogP contribution in [-0.2, 0) is 9.53 Å². The number of nitrogens with zero attached hydrogens (tertiary/aromatic N) is 4. The Balaban J connectivity index is 1.32. The van der Waals surface area contributed by atoms with E-state index in [9.17, 15) is 4.79 Å². The summed E-state index contributed by atoms with van der Waals surface area (Å²) in [5.41, 5.74) is 2.67. The van der Waals surface area contributed by atoms with Gasteiger partial charge in [0.2, 0.25) is 0 Å². The molecule has 0 bridgehead atoms. The van der Waals surface area contributed by atoms with Gasteiger partial charge in [-0.3, -0.25) is 14.7 Å². The fourth-order valence-corrected chi connectivity index (χ4v) is 4.38. The summed E-state index contributed by atoms with van der Waals surface area (Å²) in [6.45, 7) is 10.3. The Morgan fingerprint density at radius 3 is 2.53 bits per heavy atom. The second-order valence-corrected chi connectivity index (χ2v) is 8.28. The lowest BCUT2D eigenvalue weighted by atomic mass is 9.97. The van der Waals surface area contributed by atoms with Gasteiger partial charge in [-0.25, -0.2) is 0 Å². The number of benzene rings is 1. The molecular weight excluding hydrogens is 378 g/mol. The summed E-state index contributed by atoms with van der Waals surface area (Å²) in [6, 6.07) is 8.79. The Hall–Kier alpha value is -2.28. The number of aryl methyl sites for hydroxylation is 1. The van der Waals surface area contributed by atoms with Gasteiger partial charge < -0.3 is 19.9 Å². The number of hydrogen-bond acceptors (Lipinski definition) is 5. The summed E-state index contributed by atoms with van der Waals surface area (Å²) >= 11 is 0. The average Bonchev–Trinajstić information content (AvgIpc) is 2.79. The number of esters is 1. The molecule has 3 rings (SSSR count). The monoisotopic (exact) mass is 415 g/mol. The predicted molar refractivity (Wildman–Crippen MR) is 122 cm³/mol. The molecule has 0 unspecified atom stereocenters. The highest BCUT2D eigenvalue weighted by molar-refractivity contribution is 5.80. The second-order valence-electron chi connectivity index (χ2n) is 8.28. The first-order valence-electron chi connectivity index (χ1n) is 11.2. The van der Waals surface area contributed by atoms with E-state index >= 15 is 0 Å². The number of methoxy groups -OCH3 is 1. The van der Waals surface area contributed by atoms with Crippen molar-refractivity contribution in [1.82, 2.24) is 15.1 Å². The molecule has 1 aromatic carbocycles. The van der Waals surface area contributed by atoms with Gasteiger partial charge in [0.25, 0.3) is 0 Å². The molecule has 2 fully saturated rings. The number of guanidine groups is 1. The van der Waals surface area contributed by atoms with Crippen molar-refractivity contribution in [3.8, 4) is 0 Å². The lowest BCUT2D eigenvalue weighted by Crippen LogP contribution is -2.48. The van der Waals surface area contributed by atoms with E-state index in [1.165, 1.54) is 18.4 Å². The van der Waals surface area contributed by atoms with Crippen LogP contribution in [0, 0.1) is 12.8 Å². The Kier molecular flexibility index (Phi) is 8.37. The number of piperazine rings is 1. The average molecular weight is 416 g/mol. The van der Waals surface area contributed by atoms with Crippen molar-refractivity contribution in [1.29, 1.82) is 0 Å². The number of ether oxygens (including phenoxy) is 1. The van der Waals surface area contributed by atoms with Crippen molar-refractivity contribution in [2.24, 2.45) is 10.9 Å². The summed E-state index contributed by atoms with van der Waals surface area (Å²) in [5.74, 6) is 0.894. The fraction of sp³-hybridized carbons (Fsp3) is 0.652. The van der Waals surface area contributed by atoms with Crippen molar-refractivity contribution in [3.63, 3.8) is 0 Å². The highest BCUT2D eigenvalue weighted by atomic mass is 16.5. The van der Waals surface area contributed by atoms with Gasteiger partial charge in [-0.05, 0) is 50.4 Å². The van der Waals surface area contributed by atoms with Gasteiger partial charge in [0.15, 0.2) is 5.96 Å². The molecule has 0 aliphatic carbocycles. The van der Waals surface area contributed by atoms with Crippen LogP contribution in [0.15, 0.2) is 29.3 Å². The molecule has 0 spiro atoms. The molecule has 0 aromatic heterocycles. The minimum atomic E-state index is -0.0832. The summed E-state index contributed by atoms with van der Waals surface area (Å²) in [7, 11) is 3.30. The molecule has 2 heterocycles. The number of rotatable bonds is 6. The van der Waals surface area contributed by atoms with Crippen LogP contribution in [0.1, 0.15) is 24.8 Å². The third-order valence-electron chi connectivity index (χ3n) is 6.21. The van der Waals surface area contributed by atoms with Gasteiger partial charge in [-0.1, -0.05) is 12.1 Å². The van der Waals surface area contributed by atoms with Gasteiger partial charge in [-0.2, -0.15) is 0 Å². The maximum absolute atomic E-state index is 11.7. The molecule has 0 radical (unpaired) electrons. The van der Waals surface area contributed by atoms with Crippen LogP contribution < -0.4 is 10.2 Å². The summed E-state index contributed by atoms with van der Waals surface area (Å²) in [5, 5.41) is 3.50. The van der Waals surface area contributed by atoms with E-state index in [1.54, 1.807) is 0 Å². The number of nitrogens with one attached hydrogen (secondary N) is 1. The van der Waals surface area contributed by atoms with Gasteiger partial charge >= 0.3 is 5.97 Å². The van der Waals surface area contributed by atoms with Crippen LogP contribution >= 0.6 is 0 Å². The number of aliphatic imine (C=N–C) groups is 1. The Morgan fingerprint density at radius 2 is 1.90 bits per heavy atom. The van der Waals surface area contributed by atoms with Crippen molar-refractivity contribution >= 4 is 17.6 Å². The second kappa shape index (κ2) is 11.2. The van der Waals surface area contributed by atoms with Gasteiger partial charge in [0.1, 0.15) is 0 Å². The lowest BCUT2D eigenvalue weighted by Gasteiger charge is -2.36. The molecule has 7 nitrogen and oxygen atoms in total. The molecule has 1 aromatic rings. The fourth-order valence-electron chi connectivity index (χ4n) is 4.38. The largest absolute Gasteiger partial charge is 0.469 e. The molecule has 2 aliphatic heterocycles. The quantitative estimate of drug-likeness (QED) is 0.332. The number of piperidine rings is 1. The lowest BCUT2D eigenvalue weighted by molar-refractivity contribution is -0.146. The van der Waals surface area contributed by atoms with Crippen LogP contribution in [0.2, 0.25) is 0 Å². The maximum Gasteiger partial charge on any atom is 0.308 e. The topological polar surface area (TPSA) is 60.4 Å². The van der Waals surface area contributed by atoms with Crippen molar-refractivity contribution in [2.75, 3.05) is 71.4 Å². The predicted octanol–water partition coefficient (Wildman–Crippen LogP) is 1.97. The smallest absolute Gasteiger partial charge is 0.308 e. The Bertz CT molecular complexity index is 707. The summed E-state index contributed by atoms with van der Waals surface area (Å²) < 4.78 is 4.87.